The molecule has 1 saturated heterocycles. The first-order chi connectivity index (χ1) is 6.77. The van der Waals surface area contributed by atoms with Crippen LogP contribution < -0.4 is 0 Å². The molecule has 1 aliphatic heterocycles. The predicted molar refractivity (Wildman–Crippen MR) is 55.9 cm³/mol. The van der Waals surface area contributed by atoms with Crippen molar-refractivity contribution in [2.45, 2.75) is 25.0 Å². The lowest BCUT2D eigenvalue weighted by Gasteiger charge is -2.17. The van der Waals surface area contributed by atoms with Gasteiger partial charge in [0.1, 0.15) is 6.10 Å². The Bertz CT molecular complexity index is 313. The highest BCUT2D eigenvalue weighted by atomic mass is 79.9. The molecule has 0 radical (unpaired) electrons. The molecule has 0 saturated carbocycles. The monoisotopic (exact) mass is 257 g/mol. The predicted octanol–water partition coefficient (Wildman–Crippen LogP) is 2.06. The van der Waals surface area contributed by atoms with E-state index in [-0.39, 0.29) is 6.10 Å². The molecule has 0 amide bonds. The Labute approximate surface area is 91.2 Å². The van der Waals surface area contributed by atoms with Crippen molar-refractivity contribution in [3.63, 3.8) is 0 Å². The maximum Gasteiger partial charge on any atom is 0.107 e. The van der Waals surface area contributed by atoms with Crippen LogP contribution in [0.25, 0.3) is 0 Å². The summed E-state index contributed by atoms with van der Waals surface area (Å²) in [6, 6.07) is 1.87. The number of rotatable bonds is 2. The van der Waals surface area contributed by atoms with Gasteiger partial charge in [0.25, 0.3) is 0 Å². The molecule has 0 aliphatic carbocycles. The van der Waals surface area contributed by atoms with Crippen LogP contribution in [-0.4, -0.2) is 22.8 Å². The summed E-state index contributed by atoms with van der Waals surface area (Å²) in [6.45, 7) is 0.753. The molecule has 1 aromatic heterocycles. The molecule has 1 fully saturated rings. The standard InChI is InChI=1S/C10H12BrNO2/c11-8-4-7(5-12-6-8)10(13)9-2-1-3-14-9/h4-6,9-10,13H,1-3H2. The van der Waals surface area contributed by atoms with E-state index in [1.165, 1.54) is 0 Å². The smallest absolute Gasteiger partial charge is 0.107 e. The summed E-state index contributed by atoms with van der Waals surface area (Å²) in [5, 5.41) is 9.96. The molecule has 0 bridgehead atoms. The lowest BCUT2D eigenvalue weighted by atomic mass is 10.0. The van der Waals surface area contributed by atoms with E-state index in [0.29, 0.717) is 0 Å². The SMILES string of the molecule is OC(c1cncc(Br)c1)C1CCCO1. The van der Waals surface area contributed by atoms with Gasteiger partial charge >= 0.3 is 0 Å². The van der Waals surface area contributed by atoms with Gasteiger partial charge in [0.2, 0.25) is 0 Å². The van der Waals surface area contributed by atoms with Crippen LogP contribution in [0, 0.1) is 0 Å². The number of ether oxygens (including phenoxy) is 1. The maximum atomic E-state index is 9.96. The lowest BCUT2D eigenvalue weighted by molar-refractivity contribution is -0.00277. The third kappa shape index (κ3) is 2.13. The number of pyridine rings is 1. The molecule has 2 rings (SSSR count). The van der Waals surface area contributed by atoms with Gasteiger partial charge in [-0.15, -0.1) is 0 Å². The van der Waals surface area contributed by atoms with Crippen LogP contribution in [-0.2, 0) is 4.74 Å². The van der Waals surface area contributed by atoms with Gasteiger partial charge in [0, 0.05) is 29.0 Å². The molecule has 3 nitrogen and oxygen atoms in total. The quantitative estimate of drug-likeness (QED) is 0.882. The fourth-order valence-corrected chi connectivity index (χ4v) is 2.04. The maximum absolute atomic E-state index is 9.96. The highest BCUT2D eigenvalue weighted by Crippen LogP contribution is 2.27. The van der Waals surface area contributed by atoms with E-state index in [1.54, 1.807) is 12.4 Å². The fourth-order valence-electron chi connectivity index (χ4n) is 1.66. The van der Waals surface area contributed by atoms with Crippen molar-refractivity contribution in [2.24, 2.45) is 0 Å². The molecule has 2 atom stereocenters. The Kier molecular flexibility index (Phi) is 3.15. The van der Waals surface area contributed by atoms with Gasteiger partial charge in [-0.2, -0.15) is 0 Å². The summed E-state index contributed by atoms with van der Waals surface area (Å²) in [4.78, 5) is 4.01. The van der Waals surface area contributed by atoms with Crippen molar-refractivity contribution >= 4 is 15.9 Å². The first-order valence-corrected chi connectivity index (χ1v) is 5.47. The largest absolute Gasteiger partial charge is 0.386 e. The fraction of sp³-hybridized carbons (Fsp3) is 0.500. The van der Waals surface area contributed by atoms with E-state index in [2.05, 4.69) is 20.9 Å². The topological polar surface area (TPSA) is 42.4 Å². The molecular weight excluding hydrogens is 246 g/mol. The molecule has 2 heterocycles. The Balaban J connectivity index is 2.13. The van der Waals surface area contributed by atoms with Crippen molar-refractivity contribution in [1.82, 2.24) is 4.98 Å². The minimum Gasteiger partial charge on any atom is -0.386 e. The van der Waals surface area contributed by atoms with E-state index in [1.807, 2.05) is 6.07 Å². The van der Waals surface area contributed by atoms with E-state index >= 15 is 0 Å². The van der Waals surface area contributed by atoms with E-state index in [9.17, 15) is 5.11 Å². The first kappa shape index (κ1) is 10.1. The normalized spacial score (nSPS) is 23.7. The van der Waals surface area contributed by atoms with Gasteiger partial charge in [0.05, 0.1) is 6.10 Å². The van der Waals surface area contributed by atoms with Gasteiger partial charge in [-0.05, 0) is 34.8 Å². The number of aromatic nitrogens is 1. The molecular formula is C10H12BrNO2. The van der Waals surface area contributed by atoms with Crippen LogP contribution in [0.5, 0.6) is 0 Å². The van der Waals surface area contributed by atoms with Crippen LogP contribution in [0.15, 0.2) is 22.9 Å². The second-order valence-corrected chi connectivity index (χ2v) is 4.35. The number of aliphatic hydroxyl groups is 1. The molecule has 1 N–H and O–H groups in total. The lowest BCUT2D eigenvalue weighted by Crippen LogP contribution is -2.17. The van der Waals surface area contributed by atoms with E-state index in [0.717, 1.165) is 29.5 Å². The second-order valence-electron chi connectivity index (χ2n) is 3.43. The highest BCUT2D eigenvalue weighted by Gasteiger charge is 2.25. The molecule has 14 heavy (non-hydrogen) atoms. The van der Waals surface area contributed by atoms with Gasteiger partial charge in [0.15, 0.2) is 0 Å². The summed E-state index contributed by atoms with van der Waals surface area (Å²) in [7, 11) is 0. The summed E-state index contributed by atoms with van der Waals surface area (Å²) < 4.78 is 6.30. The molecule has 0 spiro atoms. The molecule has 2 unspecified atom stereocenters. The molecule has 76 valence electrons. The van der Waals surface area contributed by atoms with Crippen molar-refractivity contribution in [2.75, 3.05) is 6.61 Å². The molecule has 1 aromatic rings. The summed E-state index contributed by atoms with van der Waals surface area (Å²) in [5.74, 6) is 0. The average molecular weight is 258 g/mol. The van der Waals surface area contributed by atoms with Crippen LogP contribution in [0.3, 0.4) is 0 Å². The number of nitrogens with zero attached hydrogens (tertiary/aromatic N) is 1. The zero-order chi connectivity index (χ0) is 9.97. The molecule has 4 heteroatoms. The van der Waals surface area contributed by atoms with Crippen LogP contribution >= 0.6 is 15.9 Å². The third-order valence-electron chi connectivity index (χ3n) is 2.38. The van der Waals surface area contributed by atoms with E-state index < -0.39 is 6.10 Å². The van der Waals surface area contributed by atoms with Crippen LogP contribution in [0.1, 0.15) is 24.5 Å². The number of aliphatic hydroxyl groups excluding tert-OH is 1. The minimum absolute atomic E-state index is 0.0638. The minimum atomic E-state index is -0.553. The number of halogens is 1. The zero-order valence-electron chi connectivity index (χ0n) is 7.69. The van der Waals surface area contributed by atoms with Gasteiger partial charge < -0.3 is 9.84 Å². The highest BCUT2D eigenvalue weighted by molar-refractivity contribution is 9.10. The third-order valence-corrected chi connectivity index (χ3v) is 2.82. The molecule has 1 aliphatic rings. The average Bonchev–Trinajstić information content (AvgIpc) is 2.69. The van der Waals surface area contributed by atoms with E-state index in [4.69, 9.17) is 4.74 Å². The van der Waals surface area contributed by atoms with Crippen molar-refractivity contribution in [3.05, 3.63) is 28.5 Å². The summed E-state index contributed by atoms with van der Waals surface area (Å²) >= 11 is 3.32. The van der Waals surface area contributed by atoms with Crippen molar-refractivity contribution in [3.8, 4) is 0 Å². The Hall–Kier alpha value is -0.450. The van der Waals surface area contributed by atoms with Crippen LogP contribution in [0.2, 0.25) is 0 Å². The second kappa shape index (κ2) is 4.38. The van der Waals surface area contributed by atoms with Gasteiger partial charge in [-0.1, -0.05) is 0 Å². The summed E-state index contributed by atoms with van der Waals surface area (Å²) in [6.07, 6.45) is 4.72. The van der Waals surface area contributed by atoms with Gasteiger partial charge in [-0.25, -0.2) is 0 Å². The van der Waals surface area contributed by atoms with Gasteiger partial charge in [-0.3, -0.25) is 4.98 Å². The number of hydrogen-bond acceptors (Lipinski definition) is 3. The summed E-state index contributed by atoms with van der Waals surface area (Å²) in [5.41, 5.74) is 0.811. The van der Waals surface area contributed by atoms with Crippen molar-refractivity contribution in [1.29, 1.82) is 0 Å². The Morgan fingerprint density at radius 3 is 3.07 bits per heavy atom. The zero-order valence-corrected chi connectivity index (χ0v) is 9.27. The van der Waals surface area contributed by atoms with Crippen LogP contribution in [0.4, 0.5) is 0 Å². The Morgan fingerprint density at radius 2 is 2.43 bits per heavy atom. The van der Waals surface area contributed by atoms with Crippen molar-refractivity contribution < 1.29 is 9.84 Å². The Morgan fingerprint density at radius 1 is 1.57 bits per heavy atom. The first-order valence-electron chi connectivity index (χ1n) is 4.67. The number of hydrogen-bond donors (Lipinski definition) is 1. The molecule has 0 aromatic carbocycles.